The van der Waals surface area contributed by atoms with Gasteiger partial charge in [0, 0.05) is 0 Å². The van der Waals surface area contributed by atoms with Gasteiger partial charge in [-0.15, -0.1) is 0 Å². The Hall–Kier alpha value is -3.52. The highest BCUT2D eigenvalue weighted by Gasteiger charge is 2.57. The van der Waals surface area contributed by atoms with Gasteiger partial charge < -0.3 is 5.32 Å². The SMILES string of the molecule is CC(C)(C)c1ccc([C@@H]2N[C@](CCS(=O)(=O)c3ccccc3)(C(=O)NC3(C#N)CC3)C[C@H]2S(=O)(=O)c2ccccc2)cc1. The molecule has 1 aliphatic carbocycles. The number of nitrogens with one attached hydrogen (secondary N) is 2. The lowest BCUT2D eigenvalue weighted by Gasteiger charge is -2.30. The Labute approximate surface area is 254 Å². The Kier molecular flexibility index (Phi) is 8.05. The molecule has 2 fully saturated rings. The van der Waals surface area contributed by atoms with Gasteiger partial charge in [0.2, 0.25) is 5.91 Å². The highest BCUT2D eigenvalue weighted by Crippen LogP contribution is 2.44. The zero-order valence-corrected chi connectivity index (χ0v) is 26.2. The predicted molar refractivity (Wildman–Crippen MR) is 165 cm³/mol. The van der Waals surface area contributed by atoms with Crippen LogP contribution in [0.1, 0.15) is 63.6 Å². The van der Waals surface area contributed by atoms with Crippen LogP contribution < -0.4 is 10.6 Å². The van der Waals surface area contributed by atoms with Crippen molar-refractivity contribution in [3.8, 4) is 6.07 Å². The molecular weight excluding hydrogens is 583 g/mol. The third kappa shape index (κ3) is 6.26. The summed E-state index contributed by atoms with van der Waals surface area (Å²) in [7, 11) is -7.77. The number of rotatable bonds is 9. The number of sulfone groups is 2. The Morgan fingerprint density at radius 1 is 0.907 bits per heavy atom. The maximum absolute atomic E-state index is 14.2. The molecule has 3 atom stereocenters. The van der Waals surface area contributed by atoms with Crippen molar-refractivity contribution in [1.29, 1.82) is 5.26 Å². The average Bonchev–Trinajstić information content (AvgIpc) is 3.65. The van der Waals surface area contributed by atoms with Crippen molar-refractivity contribution in [2.24, 2.45) is 0 Å². The van der Waals surface area contributed by atoms with Crippen LogP contribution in [0.25, 0.3) is 0 Å². The van der Waals surface area contributed by atoms with Gasteiger partial charge in [-0.1, -0.05) is 81.4 Å². The summed E-state index contributed by atoms with van der Waals surface area (Å²) in [5.74, 6) is -0.943. The Balaban J connectivity index is 1.58. The van der Waals surface area contributed by atoms with E-state index in [4.69, 9.17) is 0 Å². The molecule has 0 spiro atoms. The zero-order chi connectivity index (χ0) is 31.1. The molecule has 0 aromatic heterocycles. The summed E-state index contributed by atoms with van der Waals surface area (Å²) in [6.07, 6.45) is 0.636. The smallest absolute Gasteiger partial charge is 0.241 e. The number of amides is 1. The summed E-state index contributed by atoms with van der Waals surface area (Å²) in [6, 6.07) is 25.1. The van der Waals surface area contributed by atoms with E-state index in [1.54, 1.807) is 36.4 Å². The number of carbonyl (C=O) groups excluding carboxylic acids is 1. The third-order valence-electron chi connectivity index (χ3n) is 8.61. The average molecular weight is 620 g/mol. The fraction of sp³-hybridized carbons (Fsp3) is 0.394. The lowest BCUT2D eigenvalue weighted by Crippen LogP contribution is -2.57. The lowest BCUT2D eigenvalue weighted by atomic mass is 9.86. The normalized spacial score (nSPS) is 23.3. The van der Waals surface area contributed by atoms with Gasteiger partial charge in [0.1, 0.15) is 11.1 Å². The van der Waals surface area contributed by atoms with E-state index in [2.05, 4.69) is 37.5 Å². The van der Waals surface area contributed by atoms with Crippen molar-refractivity contribution in [2.45, 2.75) is 84.0 Å². The second kappa shape index (κ2) is 11.2. The van der Waals surface area contributed by atoms with E-state index in [0.29, 0.717) is 18.4 Å². The minimum Gasteiger partial charge on any atom is -0.336 e. The molecule has 1 saturated carbocycles. The molecule has 3 aromatic rings. The van der Waals surface area contributed by atoms with Crippen molar-refractivity contribution >= 4 is 25.6 Å². The number of benzene rings is 3. The van der Waals surface area contributed by atoms with Gasteiger partial charge >= 0.3 is 0 Å². The Morgan fingerprint density at radius 3 is 1.98 bits per heavy atom. The van der Waals surface area contributed by atoms with E-state index in [1.165, 1.54) is 24.3 Å². The van der Waals surface area contributed by atoms with Crippen LogP contribution in [-0.4, -0.2) is 44.8 Å². The standard InChI is InChI=1S/C33H37N3O5S2/c1-31(2,3)25-16-14-24(15-17-25)29-28(43(40,41)27-12-8-5-9-13-27)22-33(35-29,30(37)36-32(23-34)18-19-32)20-21-42(38,39)26-10-6-4-7-11-26/h4-17,28-29,35H,18-22H2,1-3H3,(H,36,37)/t28-,29+,33+/m1/s1. The first-order valence-electron chi connectivity index (χ1n) is 14.4. The van der Waals surface area contributed by atoms with Gasteiger partial charge in [-0.05, 0) is 66.5 Å². The highest BCUT2D eigenvalue weighted by atomic mass is 32.2. The maximum Gasteiger partial charge on any atom is 0.241 e. The number of nitriles is 1. The predicted octanol–water partition coefficient (Wildman–Crippen LogP) is 4.64. The van der Waals surface area contributed by atoms with E-state index in [-0.39, 0.29) is 33.8 Å². The van der Waals surface area contributed by atoms with Crippen molar-refractivity contribution in [3.05, 3.63) is 96.1 Å². The molecule has 2 N–H and O–H groups in total. The van der Waals surface area contributed by atoms with E-state index >= 15 is 0 Å². The molecule has 10 heteroatoms. The van der Waals surface area contributed by atoms with Crippen LogP contribution in [0.2, 0.25) is 0 Å². The van der Waals surface area contributed by atoms with Crippen LogP contribution in [0.5, 0.6) is 0 Å². The van der Waals surface area contributed by atoms with Crippen LogP contribution in [0.4, 0.5) is 0 Å². The molecule has 1 heterocycles. The molecular formula is C33H37N3O5S2. The highest BCUT2D eigenvalue weighted by molar-refractivity contribution is 7.92. The first kappa shape index (κ1) is 30.9. The van der Waals surface area contributed by atoms with E-state index in [9.17, 15) is 26.9 Å². The molecule has 43 heavy (non-hydrogen) atoms. The van der Waals surface area contributed by atoms with Gasteiger partial charge in [-0.3, -0.25) is 10.1 Å². The summed E-state index contributed by atoms with van der Waals surface area (Å²) >= 11 is 0. The first-order chi connectivity index (χ1) is 20.2. The van der Waals surface area contributed by atoms with Gasteiger partial charge in [-0.25, -0.2) is 16.8 Å². The molecule has 5 rings (SSSR count). The molecule has 8 nitrogen and oxygen atoms in total. The maximum atomic E-state index is 14.2. The van der Waals surface area contributed by atoms with Crippen molar-refractivity contribution in [1.82, 2.24) is 10.6 Å². The zero-order valence-electron chi connectivity index (χ0n) is 24.6. The number of hydrogen-bond acceptors (Lipinski definition) is 7. The summed E-state index contributed by atoms with van der Waals surface area (Å²) in [6.45, 7) is 6.26. The molecule has 1 aliphatic heterocycles. The third-order valence-corrected chi connectivity index (χ3v) is 12.5. The molecule has 226 valence electrons. The minimum atomic E-state index is -3.98. The van der Waals surface area contributed by atoms with Gasteiger partial charge in [0.25, 0.3) is 0 Å². The van der Waals surface area contributed by atoms with Crippen LogP contribution in [-0.2, 0) is 29.9 Å². The van der Waals surface area contributed by atoms with Crippen molar-refractivity contribution in [2.75, 3.05) is 5.75 Å². The Bertz CT molecular complexity index is 1740. The summed E-state index contributed by atoms with van der Waals surface area (Å²) in [4.78, 5) is 14.3. The molecule has 2 aliphatic rings. The van der Waals surface area contributed by atoms with Gasteiger partial charge in [-0.2, -0.15) is 5.26 Å². The Morgan fingerprint density at radius 2 is 1.47 bits per heavy atom. The van der Waals surface area contributed by atoms with Crippen LogP contribution in [0.3, 0.4) is 0 Å². The van der Waals surface area contributed by atoms with Crippen LogP contribution >= 0.6 is 0 Å². The molecule has 0 radical (unpaired) electrons. The second-order valence-corrected chi connectivity index (χ2v) is 17.0. The summed E-state index contributed by atoms with van der Waals surface area (Å²) < 4.78 is 55.1. The van der Waals surface area contributed by atoms with E-state index in [1.807, 2.05) is 24.3 Å². The van der Waals surface area contributed by atoms with Gasteiger partial charge in [0.05, 0.1) is 32.9 Å². The summed E-state index contributed by atoms with van der Waals surface area (Å²) in [5.41, 5.74) is -0.958. The van der Waals surface area contributed by atoms with E-state index < -0.39 is 48.0 Å². The number of nitrogens with zero attached hydrogens (tertiary/aromatic N) is 1. The topological polar surface area (TPSA) is 133 Å². The van der Waals surface area contributed by atoms with Crippen molar-refractivity contribution < 1.29 is 21.6 Å². The molecule has 3 aromatic carbocycles. The quantitative estimate of drug-likeness (QED) is 0.357. The first-order valence-corrected chi connectivity index (χ1v) is 17.6. The minimum absolute atomic E-state index is 0.123. The largest absolute Gasteiger partial charge is 0.336 e. The fourth-order valence-electron chi connectivity index (χ4n) is 5.70. The fourth-order valence-corrected chi connectivity index (χ4v) is 9.10. The number of hydrogen-bond donors (Lipinski definition) is 2. The second-order valence-electron chi connectivity index (χ2n) is 12.7. The monoisotopic (exact) mass is 619 g/mol. The van der Waals surface area contributed by atoms with Crippen LogP contribution in [0.15, 0.2) is 94.7 Å². The summed E-state index contributed by atoms with van der Waals surface area (Å²) in [5, 5.41) is 14.8. The van der Waals surface area contributed by atoms with E-state index in [0.717, 1.165) is 5.56 Å². The number of carbonyl (C=O) groups is 1. The van der Waals surface area contributed by atoms with Crippen LogP contribution in [0, 0.1) is 11.3 Å². The molecule has 1 amide bonds. The molecule has 0 bridgehead atoms. The molecule has 0 unspecified atom stereocenters. The van der Waals surface area contributed by atoms with Crippen molar-refractivity contribution in [3.63, 3.8) is 0 Å². The lowest BCUT2D eigenvalue weighted by molar-refractivity contribution is -0.128. The van der Waals surface area contributed by atoms with Gasteiger partial charge in [0.15, 0.2) is 19.7 Å². The molecule has 1 saturated heterocycles.